The second kappa shape index (κ2) is 7.21. The average molecular weight is 331 g/mol. The Hall–Kier alpha value is -2.76. The molecule has 128 valence electrons. The molecule has 0 saturated heterocycles. The SMILES string of the molecule is CCOC(=O)c1cc(C)n(-c2c(OC)cccc2C(=O)OC)c1C. The van der Waals surface area contributed by atoms with Gasteiger partial charge in [-0.2, -0.15) is 0 Å². The number of esters is 2. The lowest BCUT2D eigenvalue weighted by atomic mass is 10.1. The fourth-order valence-electron chi connectivity index (χ4n) is 2.71. The van der Waals surface area contributed by atoms with Crippen LogP contribution in [0.5, 0.6) is 5.75 Å². The maximum absolute atomic E-state index is 12.2. The highest BCUT2D eigenvalue weighted by Crippen LogP contribution is 2.32. The van der Waals surface area contributed by atoms with Gasteiger partial charge in [0, 0.05) is 11.4 Å². The summed E-state index contributed by atoms with van der Waals surface area (Å²) in [4.78, 5) is 24.3. The van der Waals surface area contributed by atoms with Crippen LogP contribution >= 0.6 is 0 Å². The number of rotatable bonds is 5. The number of aryl methyl sites for hydroxylation is 1. The van der Waals surface area contributed by atoms with E-state index in [1.165, 1.54) is 14.2 Å². The lowest BCUT2D eigenvalue weighted by molar-refractivity contribution is 0.0524. The highest BCUT2D eigenvalue weighted by atomic mass is 16.5. The van der Waals surface area contributed by atoms with Crippen molar-refractivity contribution in [3.05, 3.63) is 46.8 Å². The van der Waals surface area contributed by atoms with Crippen molar-refractivity contribution in [3.63, 3.8) is 0 Å². The van der Waals surface area contributed by atoms with E-state index in [1.807, 2.05) is 6.92 Å². The summed E-state index contributed by atoms with van der Waals surface area (Å²) in [6.07, 6.45) is 0. The molecule has 0 saturated carbocycles. The molecule has 0 amide bonds. The summed E-state index contributed by atoms with van der Waals surface area (Å²) < 4.78 is 17.2. The van der Waals surface area contributed by atoms with Crippen molar-refractivity contribution in [2.45, 2.75) is 20.8 Å². The van der Waals surface area contributed by atoms with E-state index in [4.69, 9.17) is 14.2 Å². The predicted octanol–water partition coefficient (Wildman–Crippen LogP) is 3.07. The average Bonchev–Trinajstić information content (AvgIpc) is 2.88. The van der Waals surface area contributed by atoms with E-state index >= 15 is 0 Å². The maximum Gasteiger partial charge on any atom is 0.340 e. The summed E-state index contributed by atoms with van der Waals surface area (Å²) in [7, 11) is 2.85. The molecule has 0 aliphatic heterocycles. The van der Waals surface area contributed by atoms with Gasteiger partial charge in [-0.1, -0.05) is 6.07 Å². The Bertz CT molecular complexity index is 776. The molecule has 1 aromatic heterocycles. The van der Waals surface area contributed by atoms with Crippen molar-refractivity contribution in [3.8, 4) is 11.4 Å². The van der Waals surface area contributed by atoms with Crippen LogP contribution in [-0.4, -0.2) is 37.3 Å². The Morgan fingerprint density at radius 3 is 2.38 bits per heavy atom. The topological polar surface area (TPSA) is 66.8 Å². The Morgan fingerprint density at radius 2 is 1.79 bits per heavy atom. The number of aromatic nitrogens is 1. The number of para-hydroxylation sites is 1. The van der Waals surface area contributed by atoms with Crippen molar-refractivity contribution in [1.29, 1.82) is 0 Å². The van der Waals surface area contributed by atoms with Gasteiger partial charge in [-0.15, -0.1) is 0 Å². The van der Waals surface area contributed by atoms with Gasteiger partial charge >= 0.3 is 11.9 Å². The van der Waals surface area contributed by atoms with Gasteiger partial charge < -0.3 is 18.8 Å². The minimum absolute atomic E-state index is 0.296. The Kier molecular flexibility index (Phi) is 5.28. The van der Waals surface area contributed by atoms with Gasteiger partial charge in [0.2, 0.25) is 0 Å². The molecule has 0 bridgehead atoms. The van der Waals surface area contributed by atoms with Gasteiger partial charge in [-0.3, -0.25) is 0 Å². The zero-order valence-electron chi connectivity index (χ0n) is 14.5. The number of carbonyl (C=O) groups excluding carboxylic acids is 2. The van der Waals surface area contributed by atoms with Gasteiger partial charge in [0.1, 0.15) is 11.4 Å². The molecule has 24 heavy (non-hydrogen) atoms. The minimum Gasteiger partial charge on any atom is -0.495 e. The van der Waals surface area contributed by atoms with Crippen LogP contribution in [0.2, 0.25) is 0 Å². The van der Waals surface area contributed by atoms with Crippen LogP contribution in [0, 0.1) is 13.8 Å². The molecule has 0 aliphatic carbocycles. The second-order valence-electron chi connectivity index (χ2n) is 5.19. The van der Waals surface area contributed by atoms with Crippen LogP contribution in [0.3, 0.4) is 0 Å². The van der Waals surface area contributed by atoms with Gasteiger partial charge in [0.05, 0.1) is 32.0 Å². The first kappa shape index (κ1) is 17.6. The molecule has 0 spiro atoms. The molecule has 0 aliphatic rings. The van der Waals surface area contributed by atoms with Crippen LogP contribution in [-0.2, 0) is 9.47 Å². The van der Waals surface area contributed by atoms with E-state index < -0.39 is 11.9 Å². The monoisotopic (exact) mass is 331 g/mol. The first-order valence-corrected chi connectivity index (χ1v) is 7.58. The first-order chi connectivity index (χ1) is 11.5. The van der Waals surface area contributed by atoms with Gasteiger partial charge in [0.15, 0.2) is 0 Å². The largest absolute Gasteiger partial charge is 0.495 e. The Morgan fingerprint density at radius 1 is 1.08 bits per heavy atom. The standard InChI is InChI=1S/C18H21NO5/c1-6-24-18(21)14-10-11(2)19(12(14)3)16-13(17(20)23-5)8-7-9-15(16)22-4/h7-10H,6H2,1-5H3. The number of benzene rings is 1. The van der Waals surface area contributed by atoms with E-state index in [2.05, 4.69) is 0 Å². The minimum atomic E-state index is -0.478. The summed E-state index contributed by atoms with van der Waals surface area (Å²) in [5, 5.41) is 0. The number of nitrogens with zero attached hydrogens (tertiary/aromatic N) is 1. The summed E-state index contributed by atoms with van der Waals surface area (Å²) in [6, 6.07) is 6.87. The molecular weight excluding hydrogens is 310 g/mol. The molecule has 6 heteroatoms. The van der Waals surface area contributed by atoms with Crippen molar-refractivity contribution in [1.82, 2.24) is 4.57 Å². The molecule has 0 fully saturated rings. The third-order valence-electron chi connectivity index (χ3n) is 3.77. The van der Waals surface area contributed by atoms with Crippen molar-refractivity contribution >= 4 is 11.9 Å². The molecule has 0 radical (unpaired) electrons. The summed E-state index contributed by atoms with van der Waals surface area (Å²) in [6.45, 7) is 5.70. The summed E-state index contributed by atoms with van der Waals surface area (Å²) in [5.74, 6) is -0.365. The number of methoxy groups -OCH3 is 2. The van der Waals surface area contributed by atoms with E-state index in [-0.39, 0.29) is 0 Å². The molecule has 0 unspecified atom stereocenters. The molecule has 2 aromatic rings. The van der Waals surface area contributed by atoms with Crippen molar-refractivity contribution in [2.75, 3.05) is 20.8 Å². The van der Waals surface area contributed by atoms with Crippen molar-refractivity contribution in [2.24, 2.45) is 0 Å². The van der Waals surface area contributed by atoms with E-state index in [1.54, 1.807) is 42.7 Å². The zero-order chi connectivity index (χ0) is 17.9. The Labute approximate surface area is 140 Å². The van der Waals surface area contributed by atoms with Crippen LogP contribution in [0.15, 0.2) is 24.3 Å². The molecule has 6 nitrogen and oxygen atoms in total. The molecule has 2 rings (SSSR count). The number of hydrogen-bond acceptors (Lipinski definition) is 5. The van der Waals surface area contributed by atoms with E-state index in [0.717, 1.165) is 5.69 Å². The van der Waals surface area contributed by atoms with Crippen LogP contribution < -0.4 is 4.74 Å². The third kappa shape index (κ3) is 2.99. The summed E-state index contributed by atoms with van der Waals surface area (Å²) >= 11 is 0. The Balaban J connectivity index is 2.73. The van der Waals surface area contributed by atoms with Crippen LogP contribution in [0.4, 0.5) is 0 Å². The van der Waals surface area contributed by atoms with E-state index in [9.17, 15) is 9.59 Å². The summed E-state index contributed by atoms with van der Waals surface area (Å²) in [5.41, 5.74) is 2.80. The maximum atomic E-state index is 12.2. The third-order valence-corrected chi connectivity index (χ3v) is 3.77. The fourth-order valence-corrected chi connectivity index (χ4v) is 2.71. The number of hydrogen-bond donors (Lipinski definition) is 0. The fraction of sp³-hybridized carbons (Fsp3) is 0.333. The molecule has 1 aromatic carbocycles. The quantitative estimate of drug-likeness (QED) is 0.788. The van der Waals surface area contributed by atoms with Crippen LogP contribution in [0.1, 0.15) is 39.0 Å². The van der Waals surface area contributed by atoms with Crippen molar-refractivity contribution < 1.29 is 23.8 Å². The predicted molar refractivity (Wildman–Crippen MR) is 89.1 cm³/mol. The van der Waals surface area contributed by atoms with E-state index in [0.29, 0.717) is 34.9 Å². The van der Waals surface area contributed by atoms with Gasteiger partial charge in [0.25, 0.3) is 0 Å². The highest BCUT2D eigenvalue weighted by Gasteiger charge is 2.24. The molecule has 0 N–H and O–H groups in total. The number of carbonyl (C=O) groups is 2. The lowest BCUT2D eigenvalue weighted by Gasteiger charge is -2.17. The first-order valence-electron chi connectivity index (χ1n) is 7.58. The van der Waals surface area contributed by atoms with Crippen LogP contribution in [0.25, 0.3) is 5.69 Å². The van der Waals surface area contributed by atoms with Gasteiger partial charge in [-0.05, 0) is 39.0 Å². The normalized spacial score (nSPS) is 10.4. The van der Waals surface area contributed by atoms with Gasteiger partial charge in [-0.25, -0.2) is 9.59 Å². The smallest absolute Gasteiger partial charge is 0.340 e. The zero-order valence-corrected chi connectivity index (χ0v) is 14.5. The molecular formula is C18H21NO5. The lowest BCUT2D eigenvalue weighted by Crippen LogP contribution is -2.12. The number of ether oxygens (including phenoxy) is 3. The molecule has 1 heterocycles. The second-order valence-corrected chi connectivity index (χ2v) is 5.19. The highest BCUT2D eigenvalue weighted by molar-refractivity contribution is 5.96. The molecule has 0 atom stereocenters.